The molecule has 0 radical (unpaired) electrons. The van der Waals surface area contributed by atoms with Gasteiger partial charge in [-0.1, -0.05) is 19.1 Å². The summed E-state index contributed by atoms with van der Waals surface area (Å²) in [5.41, 5.74) is -0.413. The van der Waals surface area contributed by atoms with Gasteiger partial charge in [-0.3, -0.25) is 9.69 Å². The normalized spacial score (nSPS) is 18.5. The van der Waals surface area contributed by atoms with Gasteiger partial charge in [-0.25, -0.2) is 0 Å². The number of ketones is 1. The maximum atomic E-state index is 12.5. The Kier molecular flexibility index (Phi) is 5.00. The van der Waals surface area contributed by atoms with Gasteiger partial charge in [0.25, 0.3) is 0 Å². The highest BCUT2D eigenvalue weighted by Gasteiger charge is 2.30. The summed E-state index contributed by atoms with van der Waals surface area (Å²) >= 11 is 0. The molecule has 0 aliphatic carbocycles. The van der Waals surface area contributed by atoms with E-state index in [1.54, 1.807) is 6.92 Å². The van der Waals surface area contributed by atoms with Crippen molar-refractivity contribution in [1.82, 2.24) is 4.90 Å². The molecule has 1 aliphatic heterocycles. The molecule has 116 valence electrons. The molecule has 1 atom stereocenters. The molecule has 1 fully saturated rings. The zero-order valence-corrected chi connectivity index (χ0v) is 11.8. The summed E-state index contributed by atoms with van der Waals surface area (Å²) in [5, 5.41) is 0. The van der Waals surface area contributed by atoms with Crippen LogP contribution < -0.4 is 0 Å². The van der Waals surface area contributed by atoms with Gasteiger partial charge in [0, 0.05) is 31.1 Å². The number of hydrogen-bond acceptors (Lipinski definition) is 3. The molecule has 1 aliphatic rings. The van der Waals surface area contributed by atoms with Crippen molar-refractivity contribution < 1.29 is 22.7 Å². The average Bonchev–Trinajstić information content (AvgIpc) is 2.46. The fourth-order valence-corrected chi connectivity index (χ4v) is 2.36. The van der Waals surface area contributed by atoms with Crippen LogP contribution in [0.2, 0.25) is 0 Å². The Morgan fingerprint density at radius 2 is 1.81 bits per heavy atom. The molecular formula is C15H18F3NO2. The molecule has 6 heteroatoms. The fraction of sp³-hybridized carbons (Fsp3) is 0.533. The number of ether oxygens (including phenoxy) is 1. The topological polar surface area (TPSA) is 29.5 Å². The molecular weight excluding hydrogens is 283 g/mol. The highest BCUT2D eigenvalue weighted by atomic mass is 19.4. The molecule has 0 aromatic heterocycles. The lowest BCUT2D eigenvalue weighted by atomic mass is 9.97. The summed E-state index contributed by atoms with van der Waals surface area (Å²) in [6, 6.07) is 4.41. The number of hydrogen-bond donors (Lipinski definition) is 0. The SMILES string of the molecule is CC(CN1CCOCC1)C(=O)c1ccc(C(F)(F)F)cc1. The van der Waals surface area contributed by atoms with Crippen molar-refractivity contribution in [2.45, 2.75) is 13.1 Å². The number of Topliss-reactive ketones (excluding diaryl/α,β-unsaturated/α-hetero) is 1. The molecule has 1 saturated heterocycles. The highest BCUT2D eigenvalue weighted by molar-refractivity contribution is 5.97. The van der Waals surface area contributed by atoms with Crippen molar-refractivity contribution in [3.63, 3.8) is 0 Å². The fourth-order valence-electron chi connectivity index (χ4n) is 2.36. The number of nitrogens with zero attached hydrogens (tertiary/aromatic N) is 1. The van der Waals surface area contributed by atoms with Crippen LogP contribution in [0.3, 0.4) is 0 Å². The quantitative estimate of drug-likeness (QED) is 0.801. The second-order valence-corrected chi connectivity index (χ2v) is 5.25. The van der Waals surface area contributed by atoms with Crippen LogP contribution >= 0.6 is 0 Å². The molecule has 1 unspecified atom stereocenters. The summed E-state index contributed by atoms with van der Waals surface area (Å²) in [7, 11) is 0. The highest BCUT2D eigenvalue weighted by Crippen LogP contribution is 2.29. The lowest BCUT2D eigenvalue weighted by molar-refractivity contribution is -0.137. The molecule has 0 bridgehead atoms. The molecule has 1 heterocycles. The van der Waals surface area contributed by atoms with Crippen LogP contribution in [0.1, 0.15) is 22.8 Å². The maximum Gasteiger partial charge on any atom is 0.416 e. The first-order valence-corrected chi connectivity index (χ1v) is 6.89. The van der Waals surface area contributed by atoms with Gasteiger partial charge < -0.3 is 4.74 Å². The lowest BCUT2D eigenvalue weighted by Gasteiger charge is -2.28. The van der Waals surface area contributed by atoms with Gasteiger partial charge in [-0.15, -0.1) is 0 Å². The van der Waals surface area contributed by atoms with E-state index < -0.39 is 11.7 Å². The van der Waals surface area contributed by atoms with Crippen LogP contribution in [0.5, 0.6) is 0 Å². The summed E-state index contributed by atoms with van der Waals surface area (Å²) in [4.78, 5) is 14.4. The Hall–Kier alpha value is -1.40. The van der Waals surface area contributed by atoms with Gasteiger partial charge in [0.1, 0.15) is 0 Å². The molecule has 1 aromatic carbocycles. The largest absolute Gasteiger partial charge is 0.416 e. The van der Waals surface area contributed by atoms with Gasteiger partial charge in [-0.05, 0) is 12.1 Å². The molecule has 1 aromatic rings. The Bertz CT molecular complexity index is 479. The molecule has 3 nitrogen and oxygen atoms in total. The number of alkyl halides is 3. The summed E-state index contributed by atoms with van der Waals surface area (Å²) in [5.74, 6) is -0.380. The number of halogens is 3. The van der Waals surface area contributed by atoms with Crippen LogP contribution in [-0.4, -0.2) is 43.5 Å². The maximum absolute atomic E-state index is 12.5. The third kappa shape index (κ3) is 4.28. The summed E-state index contributed by atoms with van der Waals surface area (Å²) in [6.07, 6.45) is -4.37. The van der Waals surface area contributed by atoms with E-state index in [2.05, 4.69) is 4.90 Å². The van der Waals surface area contributed by atoms with E-state index in [1.165, 1.54) is 12.1 Å². The number of benzene rings is 1. The predicted octanol–water partition coefficient (Wildman–Crippen LogP) is 2.86. The van der Waals surface area contributed by atoms with Crippen LogP contribution in [0.4, 0.5) is 13.2 Å². The first-order valence-electron chi connectivity index (χ1n) is 6.89. The Morgan fingerprint density at radius 3 is 2.33 bits per heavy atom. The lowest BCUT2D eigenvalue weighted by Crippen LogP contribution is -2.40. The van der Waals surface area contributed by atoms with Crippen molar-refractivity contribution in [2.75, 3.05) is 32.8 Å². The van der Waals surface area contributed by atoms with E-state index >= 15 is 0 Å². The van der Waals surface area contributed by atoms with Crippen molar-refractivity contribution in [3.8, 4) is 0 Å². The summed E-state index contributed by atoms with van der Waals surface area (Å²) in [6.45, 7) is 5.27. The monoisotopic (exact) mass is 301 g/mol. The van der Waals surface area contributed by atoms with E-state index in [0.29, 0.717) is 25.3 Å². The van der Waals surface area contributed by atoms with Crippen LogP contribution in [0.25, 0.3) is 0 Å². The van der Waals surface area contributed by atoms with Crippen molar-refractivity contribution in [2.24, 2.45) is 5.92 Å². The zero-order chi connectivity index (χ0) is 15.5. The van der Waals surface area contributed by atoms with E-state index in [1.807, 2.05) is 0 Å². The van der Waals surface area contributed by atoms with Gasteiger partial charge in [0.05, 0.1) is 18.8 Å². The molecule has 0 amide bonds. The van der Waals surface area contributed by atoms with Crippen molar-refractivity contribution in [1.29, 1.82) is 0 Å². The number of morpholine rings is 1. The Morgan fingerprint density at radius 1 is 1.24 bits per heavy atom. The van der Waals surface area contributed by atoms with E-state index in [-0.39, 0.29) is 11.7 Å². The van der Waals surface area contributed by atoms with Gasteiger partial charge >= 0.3 is 6.18 Å². The number of rotatable bonds is 4. The van der Waals surface area contributed by atoms with Gasteiger partial charge in [-0.2, -0.15) is 13.2 Å². The summed E-state index contributed by atoms with van der Waals surface area (Å²) < 4.78 is 42.7. The van der Waals surface area contributed by atoms with E-state index in [9.17, 15) is 18.0 Å². The minimum atomic E-state index is -4.37. The van der Waals surface area contributed by atoms with Gasteiger partial charge in [0.15, 0.2) is 5.78 Å². The van der Waals surface area contributed by atoms with Crippen molar-refractivity contribution >= 4 is 5.78 Å². The average molecular weight is 301 g/mol. The zero-order valence-electron chi connectivity index (χ0n) is 11.8. The third-order valence-corrected chi connectivity index (χ3v) is 3.58. The van der Waals surface area contributed by atoms with Crippen LogP contribution in [0, 0.1) is 5.92 Å². The number of carbonyl (C=O) groups excluding carboxylic acids is 1. The predicted molar refractivity (Wildman–Crippen MR) is 72.2 cm³/mol. The van der Waals surface area contributed by atoms with Crippen LogP contribution in [-0.2, 0) is 10.9 Å². The Labute approximate surface area is 121 Å². The van der Waals surface area contributed by atoms with Crippen molar-refractivity contribution in [3.05, 3.63) is 35.4 Å². The first kappa shape index (κ1) is 16.0. The second-order valence-electron chi connectivity index (χ2n) is 5.25. The Balaban J connectivity index is 1.98. The minimum absolute atomic E-state index is 0.129. The first-order chi connectivity index (χ1) is 9.88. The second kappa shape index (κ2) is 6.58. The molecule has 2 rings (SSSR count). The standard InChI is InChI=1S/C15H18F3NO2/c1-11(10-19-6-8-21-9-7-19)14(20)12-2-4-13(5-3-12)15(16,17)18/h2-5,11H,6-10H2,1H3. The van der Waals surface area contributed by atoms with Crippen LogP contribution in [0.15, 0.2) is 24.3 Å². The molecule has 0 saturated carbocycles. The van der Waals surface area contributed by atoms with Gasteiger partial charge in [0.2, 0.25) is 0 Å². The third-order valence-electron chi connectivity index (χ3n) is 3.58. The smallest absolute Gasteiger partial charge is 0.379 e. The molecule has 0 spiro atoms. The van der Waals surface area contributed by atoms with E-state index in [4.69, 9.17) is 4.74 Å². The molecule has 0 N–H and O–H groups in total. The minimum Gasteiger partial charge on any atom is -0.379 e. The molecule has 21 heavy (non-hydrogen) atoms. The number of carbonyl (C=O) groups is 1. The van der Waals surface area contributed by atoms with E-state index in [0.717, 1.165) is 25.2 Å².